The second-order valence-corrected chi connectivity index (χ2v) is 10.1. The molecule has 32 heavy (non-hydrogen) atoms. The number of aromatic nitrogens is 1. The van der Waals surface area contributed by atoms with Gasteiger partial charge in [-0.15, -0.1) is 0 Å². The van der Waals surface area contributed by atoms with Crippen molar-refractivity contribution in [3.63, 3.8) is 0 Å². The summed E-state index contributed by atoms with van der Waals surface area (Å²) < 4.78 is 1.27. The normalized spacial score (nSPS) is 16.9. The summed E-state index contributed by atoms with van der Waals surface area (Å²) in [4.78, 5) is 22.4. The number of carbonyl (C=O) groups excluding carboxylic acids is 1. The van der Waals surface area contributed by atoms with Crippen LogP contribution in [-0.4, -0.2) is 55.1 Å². The lowest BCUT2D eigenvalue weighted by atomic mass is 9.90. The third-order valence-corrected chi connectivity index (χ3v) is 8.12. The minimum absolute atomic E-state index is 0.0529. The number of carbonyl (C=O) groups is 1. The van der Waals surface area contributed by atoms with Gasteiger partial charge in [-0.3, -0.25) is 9.69 Å². The number of hydrogen-bond donors (Lipinski definition) is 1. The molecule has 0 spiro atoms. The number of amides is 1. The van der Waals surface area contributed by atoms with Crippen LogP contribution in [0.25, 0.3) is 10.2 Å². The van der Waals surface area contributed by atoms with E-state index in [2.05, 4.69) is 53.2 Å². The Morgan fingerprint density at radius 1 is 1.03 bits per heavy atom. The monoisotopic (exact) mass is 448 g/mol. The molecule has 1 fully saturated rings. The summed E-state index contributed by atoms with van der Waals surface area (Å²) in [5.41, 5.74) is 7.33. The quantitative estimate of drug-likeness (QED) is 0.631. The number of rotatable bonds is 5. The largest absolute Gasteiger partial charge is 0.351 e. The molecule has 0 saturated carbocycles. The van der Waals surface area contributed by atoms with E-state index in [-0.39, 0.29) is 5.91 Å². The van der Waals surface area contributed by atoms with E-state index in [0.29, 0.717) is 6.54 Å². The molecule has 1 amide bonds. The number of hydrogen-bond acceptors (Lipinski definition) is 5. The van der Waals surface area contributed by atoms with Crippen LogP contribution in [0.5, 0.6) is 0 Å². The van der Waals surface area contributed by atoms with Crippen LogP contribution in [0.15, 0.2) is 30.3 Å². The Labute approximate surface area is 194 Å². The van der Waals surface area contributed by atoms with E-state index in [1.165, 1.54) is 39.8 Å². The van der Waals surface area contributed by atoms with Crippen LogP contribution < -0.4 is 10.2 Å². The zero-order chi connectivity index (χ0) is 22.1. The maximum absolute atomic E-state index is 12.6. The highest BCUT2D eigenvalue weighted by Gasteiger charge is 2.20. The zero-order valence-corrected chi connectivity index (χ0v) is 19.9. The fourth-order valence-corrected chi connectivity index (χ4v) is 5.89. The number of thiazole rings is 1. The maximum atomic E-state index is 12.6. The van der Waals surface area contributed by atoms with Gasteiger partial charge in [0.05, 0.1) is 10.2 Å². The molecule has 0 radical (unpaired) electrons. The van der Waals surface area contributed by atoms with Crippen LogP contribution in [-0.2, 0) is 12.8 Å². The van der Waals surface area contributed by atoms with E-state index in [9.17, 15) is 4.79 Å². The average Bonchev–Trinajstić information content (AvgIpc) is 3.27. The van der Waals surface area contributed by atoms with Crippen molar-refractivity contribution in [1.29, 1.82) is 0 Å². The Balaban J connectivity index is 1.11. The smallest absolute Gasteiger partial charge is 0.251 e. The molecule has 0 bridgehead atoms. The van der Waals surface area contributed by atoms with Crippen LogP contribution in [0.3, 0.4) is 0 Å². The Bertz CT molecular complexity index is 1130. The van der Waals surface area contributed by atoms with Crippen LogP contribution >= 0.6 is 11.3 Å². The first-order valence-corrected chi connectivity index (χ1v) is 12.6. The standard InChI is InChI=1S/C26H32N4OS/c1-18-7-10-23-24(19(18)2)28-26(32-23)30-15-13-29(14-16-30)12-11-27-25(31)22-9-8-20-5-3-4-6-21(20)17-22/h7-10,17H,3-6,11-16H2,1-2H3,(H,27,31). The van der Waals surface area contributed by atoms with Crippen LogP contribution in [0, 0.1) is 13.8 Å². The fourth-order valence-electron chi connectivity index (χ4n) is 4.82. The number of anilines is 1. The van der Waals surface area contributed by atoms with Crippen molar-refractivity contribution >= 4 is 32.6 Å². The molecule has 1 aliphatic carbocycles. The molecule has 3 aromatic rings. The number of aryl methyl sites for hydroxylation is 4. The van der Waals surface area contributed by atoms with Crippen molar-refractivity contribution in [3.05, 3.63) is 58.1 Å². The van der Waals surface area contributed by atoms with Crippen molar-refractivity contribution in [2.75, 3.05) is 44.2 Å². The first-order chi connectivity index (χ1) is 15.6. The average molecular weight is 449 g/mol. The molecule has 5 rings (SSSR count). The van der Waals surface area contributed by atoms with Crippen LogP contribution in [0.4, 0.5) is 5.13 Å². The molecule has 1 aromatic heterocycles. The lowest BCUT2D eigenvalue weighted by molar-refractivity contribution is 0.0947. The SMILES string of the molecule is Cc1ccc2sc(N3CCN(CCNC(=O)c4ccc5c(c4)CCCC5)CC3)nc2c1C. The van der Waals surface area contributed by atoms with Crippen molar-refractivity contribution in [1.82, 2.24) is 15.2 Å². The van der Waals surface area contributed by atoms with E-state index in [4.69, 9.17) is 4.98 Å². The molecule has 2 heterocycles. The highest BCUT2D eigenvalue weighted by atomic mass is 32.1. The van der Waals surface area contributed by atoms with E-state index in [1.54, 1.807) is 11.3 Å². The van der Waals surface area contributed by atoms with Gasteiger partial charge in [-0.05, 0) is 80.0 Å². The molecule has 0 atom stereocenters. The maximum Gasteiger partial charge on any atom is 0.251 e. The Kier molecular flexibility index (Phi) is 6.15. The third kappa shape index (κ3) is 4.39. The lowest BCUT2D eigenvalue weighted by Gasteiger charge is -2.34. The van der Waals surface area contributed by atoms with Crippen molar-refractivity contribution in [2.24, 2.45) is 0 Å². The summed E-state index contributed by atoms with van der Waals surface area (Å²) in [7, 11) is 0. The third-order valence-electron chi connectivity index (χ3n) is 7.04. The van der Waals surface area contributed by atoms with Crippen molar-refractivity contribution in [2.45, 2.75) is 39.5 Å². The molecular formula is C26H32N4OS. The number of benzene rings is 2. The van der Waals surface area contributed by atoms with Crippen LogP contribution in [0.1, 0.15) is 45.5 Å². The topological polar surface area (TPSA) is 48.5 Å². The molecular weight excluding hydrogens is 416 g/mol. The van der Waals surface area contributed by atoms with Gasteiger partial charge in [0.15, 0.2) is 5.13 Å². The summed E-state index contributed by atoms with van der Waals surface area (Å²) in [6, 6.07) is 10.6. The van der Waals surface area contributed by atoms with Gasteiger partial charge in [0.1, 0.15) is 0 Å². The first-order valence-electron chi connectivity index (χ1n) is 11.8. The van der Waals surface area contributed by atoms with Gasteiger partial charge in [0, 0.05) is 44.8 Å². The second kappa shape index (κ2) is 9.20. The fraction of sp³-hybridized carbons (Fsp3) is 0.462. The van der Waals surface area contributed by atoms with Crippen molar-refractivity contribution < 1.29 is 4.79 Å². The van der Waals surface area contributed by atoms with Gasteiger partial charge >= 0.3 is 0 Å². The van der Waals surface area contributed by atoms with Crippen molar-refractivity contribution in [3.8, 4) is 0 Å². The molecule has 1 saturated heterocycles. The van der Waals surface area contributed by atoms with E-state index < -0.39 is 0 Å². The number of fused-ring (bicyclic) bond motifs is 2. The first kappa shape index (κ1) is 21.4. The molecule has 0 unspecified atom stereocenters. The minimum Gasteiger partial charge on any atom is -0.351 e. The molecule has 5 nitrogen and oxygen atoms in total. The summed E-state index contributed by atoms with van der Waals surface area (Å²) >= 11 is 1.80. The Morgan fingerprint density at radius 3 is 2.62 bits per heavy atom. The van der Waals surface area contributed by atoms with E-state index in [1.807, 2.05) is 6.07 Å². The Hall–Kier alpha value is -2.44. The summed E-state index contributed by atoms with van der Waals surface area (Å²) in [5, 5.41) is 4.25. The molecule has 2 aromatic carbocycles. The highest BCUT2D eigenvalue weighted by molar-refractivity contribution is 7.22. The van der Waals surface area contributed by atoms with Gasteiger partial charge in [-0.25, -0.2) is 4.98 Å². The molecule has 2 aliphatic rings. The predicted molar refractivity (Wildman–Crippen MR) is 133 cm³/mol. The van der Waals surface area contributed by atoms with E-state index >= 15 is 0 Å². The zero-order valence-electron chi connectivity index (χ0n) is 19.1. The van der Waals surface area contributed by atoms with E-state index in [0.717, 1.165) is 61.8 Å². The summed E-state index contributed by atoms with van der Waals surface area (Å²) in [6.45, 7) is 9.87. The lowest BCUT2D eigenvalue weighted by Crippen LogP contribution is -2.48. The molecule has 1 aliphatic heterocycles. The second-order valence-electron chi connectivity index (χ2n) is 9.13. The van der Waals surface area contributed by atoms with Gasteiger partial charge < -0.3 is 10.2 Å². The predicted octanol–water partition coefficient (Wildman–Crippen LogP) is 4.34. The van der Waals surface area contributed by atoms with Crippen LogP contribution in [0.2, 0.25) is 0 Å². The number of nitrogens with zero attached hydrogens (tertiary/aromatic N) is 3. The minimum atomic E-state index is 0.0529. The van der Waals surface area contributed by atoms with Gasteiger partial charge in [0.25, 0.3) is 5.91 Å². The summed E-state index contributed by atoms with van der Waals surface area (Å²) in [6.07, 6.45) is 4.76. The summed E-state index contributed by atoms with van der Waals surface area (Å²) in [5.74, 6) is 0.0529. The Morgan fingerprint density at radius 2 is 1.81 bits per heavy atom. The molecule has 168 valence electrons. The molecule has 1 N–H and O–H groups in total. The van der Waals surface area contributed by atoms with Gasteiger partial charge in [0.2, 0.25) is 0 Å². The van der Waals surface area contributed by atoms with Gasteiger partial charge in [-0.1, -0.05) is 23.5 Å². The highest BCUT2D eigenvalue weighted by Crippen LogP contribution is 2.32. The number of nitrogens with one attached hydrogen (secondary N) is 1. The van der Waals surface area contributed by atoms with Gasteiger partial charge in [-0.2, -0.15) is 0 Å². The molecule has 6 heteroatoms. The number of piperazine rings is 1.